The molecule has 0 spiro atoms. The molecule has 1 rings (SSSR count). The molecule has 0 aromatic heterocycles. The molecule has 0 aliphatic carbocycles. The fraction of sp³-hybridized carbons (Fsp3) is 1.00. The SMILES string of the molecule is COCCC(C)N1CCC(C(C)Cl)CC1. The van der Waals surface area contributed by atoms with E-state index in [0.29, 0.717) is 11.4 Å². The van der Waals surface area contributed by atoms with Crippen LogP contribution in [0.15, 0.2) is 0 Å². The maximum Gasteiger partial charge on any atom is 0.0477 e. The van der Waals surface area contributed by atoms with Gasteiger partial charge >= 0.3 is 0 Å². The first-order chi connectivity index (χ1) is 7.15. The molecule has 0 aromatic rings. The summed E-state index contributed by atoms with van der Waals surface area (Å²) in [6.07, 6.45) is 3.64. The Hall–Kier alpha value is 0.210. The van der Waals surface area contributed by atoms with Gasteiger partial charge in [0.25, 0.3) is 0 Å². The maximum absolute atomic E-state index is 6.13. The highest BCUT2D eigenvalue weighted by atomic mass is 35.5. The summed E-state index contributed by atoms with van der Waals surface area (Å²) in [5.74, 6) is 0.720. The minimum atomic E-state index is 0.335. The van der Waals surface area contributed by atoms with Crippen LogP contribution in [0, 0.1) is 5.92 Å². The van der Waals surface area contributed by atoms with Crippen molar-refractivity contribution in [1.29, 1.82) is 0 Å². The molecule has 3 heteroatoms. The Bertz CT molecular complexity index is 167. The van der Waals surface area contributed by atoms with Gasteiger partial charge in [0.05, 0.1) is 0 Å². The van der Waals surface area contributed by atoms with Crippen LogP contribution >= 0.6 is 11.6 Å². The number of piperidine rings is 1. The Balaban J connectivity index is 2.24. The Morgan fingerprint density at radius 2 is 1.93 bits per heavy atom. The van der Waals surface area contributed by atoms with Gasteiger partial charge in [0.1, 0.15) is 0 Å². The minimum absolute atomic E-state index is 0.335. The van der Waals surface area contributed by atoms with E-state index in [1.54, 1.807) is 7.11 Å². The van der Waals surface area contributed by atoms with Crippen LogP contribution in [0.1, 0.15) is 33.1 Å². The van der Waals surface area contributed by atoms with Crippen LogP contribution in [0.3, 0.4) is 0 Å². The smallest absolute Gasteiger partial charge is 0.0477 e. The lowest BCUT2D eigenvalue weighted by Gasteiger charge is -2.36. The summed E-state index contributed by atoms with van der Waals surface area (Å²) >= 11 is 6.13. The van der Waals surface area contributed by atoms with E-state index in [2.05, 4.69) is 18.7 Å². The molecule has 2 nitrogen and oxygen atoms in total. The molecule has 1 saturated heterocycles. The second-order valence-corrected chi connectivity index (χ2v) is 5.37. The molecule has 2 unspecified atom stereocenters. The van der Waals surface area contributed by atoms with E-state index < -0.39 is 0 Å². The second-order valence-electron chi connectivity index (χ2n) is 4.68. The third-order valence-corrected chi connectivity index (χ3v) is 3.94. The monoisotopic (exact) mass is 233 g/mol. The first kappa shape index (κ1) is 13.3. The number of hydrogen-bond acceptors (Lipinski definition) is 2. The first-order valence-corrected chi connectivity index (χ1v) is 6.46. The molecule has 0 saturated carbocycles. The molecule has 1 aliphatic rings. The van der Waals surface area contributed by atoms with E-state index in [1.165, 1.54) is 25.9 Å². The Labute approximate surface area is 98.9 Å². The quantitative estimate of drug-likeness (QED) is 0.678. The first-order valence-electron chi connectivity index (χ1n) is 6.02. The summed E-state index contributed by atoms with van der Waals surface area (Å²) in [6.45, 7) is 7.69. The molecular weight excluding hydrogens is 210 g/mol. The Kier molecular flexibility index (Phi) is 5.95. The lowest BCUT2D eigenvalue weighted by molar-refractivity contribution is 0.106. The van der Waals surface area contributed by atoms with Crippen LogP contribution < -0.4 is 0 Å². The largest absolute Gasteiger partial charge is 0.385 e. The van der Waals surface area contributed by atoms with E-state index in [-0.39, 0.29) is 0 Å². The zero-order chi connectivity index (χ0) is 11.3. The van der Waals surface area contributed by atoms with E-state index in [1.807, 2.05) is 0 Å². The number of hydrogen-bond donors (Lipinski definition) is 0. The van der Waals surface area contributed by atoms with Crippen molar-refractivity contribution in [3.05, 3.63) is 0 Å². The number of halogens is 1. The molecule has 1 fully saturated rings. The summed E-state index contributed by atoms with van der Waals surface area (Å²) < 4.78 is 5.11. The molecule has 90 valence electrons. The lowest BCUT2D eigenvalue weighted by Crippen LogP contribution is -2.41. The van der Waals surface area contributed by atoms with Gasteiger partial charge < -0.3 is 9.64 Å². The molecule has 0 aromatic carbocycles. The second kappa shape index (κ2) is 6.72. The van der Waals surface area contributed by atoms with Crippen molar-refractivity contribution in [2.45, 2.75) is 44.5 Å². The van der Waals surface area contributed by atoms with Gasteiger partial charge in [-0.2, -0.15) is 0 Å². The summed E-state index contributed by atoms with van der Waals surface area (Å²) in [7, 11) is 1.77. The molecule has 1 heterocycles. The van der Waals surface area contributed by atoms with Gasteiger partial charge in [0, 0.05) is 25.1 Å². The van der Waals surface area contributed by atoms with Gasteiger partial charge in [-0.1, -0.05) is 0 Å². The van der Waals surface area contributed by atoms with Crippen LogP contribution in [-0.2, 0) is 4.74 Å². The predicted octanol–water partition coefficient (Wildman–Crippen LogP) is 2.75. The third-order valence-electron chi connectivity index (χ3n) is 3.59. The van der Waals surface area contributed by atoms with Gasteiger partial charge in [0.15, 0.2) is 0 Å². The number of alkyl halides is 1. The molecule has 1 aliphatic heterocycles. The van der Waals surface area contributed by atoms with Gasteiger partial charge in [0.2, 0.25) is 0 Å². The molecule has 0 bridgehead atoms. The summed E-state index contributed by atoms with van der Waals surface area (Å²) in [5.41, 5.74) is 0. The van der Waals surface area contributed by atoms with E-state index in [0.717, 1.165) is 18.9 Å². The van der Waals surface area contributed by atoms with Crippen molar-refractivity contribution in [1.82, 2.24) is 4.90 Å². The molecule has 15 heavy (non-hydrogen) atoms. The zero-order valence-corrected chi connectivity index (χ0v) is 11.0. The highest BCUT2D eigenvalue weighted by molar-refractivity contribution is 6.20. The van der Waals surface area contributed by atoms with Crippen molar-refractivity contribution >= 4 is 11.6 Å². The molecule has 0 radical (unpaired) electrons. The maximum atomic E-state index is 6.13. The number of likely N-dealkylation sites (tertiary alicyclic amines) is 1. The van der Waals surface area contributed by atoms with Crippen molar-refractivity contribution in [3.63, 3.8) is 0 Å². The standard InChI is InChI=1S/C12H24ClNO/c1-10(6-9-15-3)14-7-4-12(5-8-14)11(2)13/h10-12H,4-9H2,1-3H3. The number of ether oxygens (including phenoxy) is 1. The summed E-state index contributed by atoms with van der Waals surface area (Å²) in [5, 5.41) is 0.335. The van der Waals surface area contributed by atoms with Crippen LogP contribution in [-0.4, -0.2) is 43.1 Å². The lowest BCUT2D eigenvalue weighted by atomic mass is 9.93. The van der Waals surface area contributed by atoms with E-state index >= 15 is 0 Å². The number of nitrogens with zero attached hydrogens (tertiary/aromatic N) is 1. The van der Waals surface area contributed by atoms with Crippen molar-refractivity contribution < 1.29 is 4.74 Å². The molecule has 0 N–H and O–H groups in total. The van der Waals surface area contributed by atoms with Crippen LogP contribution in [0.25, 0.3) is 0 Å². The summed E-state index contributed by atoms with van der Waals surface area (Å²) in [6, 6.07) is 0.650. The highest BCUT2D eigenvalue weighted by Crippen LogP contribution is 2.25. The number of rotatable bonds is 5. The summed E-state index contributed by atoms with van der Waals surface area (Å²) in [4.78, 5) is 2.56. The fourth-order valence-corrected chi connectivity index (χ4v) is 2.54. The van der Waals surface area contributed by atoms with Crippen LogP contribution in [0.4, 0.5) is 0 Å². The van der Waals surface area contributed by atoms with Crippen LogP contribution in [0.2, 0.25) is 0 Å². The molecule has 2 atom stereocenters. The highest BCUT2D eigenvalue weighted by Gasteiger charge is 2.24. The topological polar surface area (TPSA) is 12.5 Å². The minimum Gasteiger partial charge on any atom is -0.385 e. The predicted molar refractivity (Wildman–Crippen MR) is 65.6 cm³/mol. The van der Waals surface area contributed by atoms with Crippen molar-refractivity contribution in [2.75, 3.05) is 26.8 Å². The van der Waals surface area contributed by atoms with Crippen molar-refractivity contribution in [2.24, 2.45) is 5.92 Å². The average molecular weight is 234 g/mol. The Morgan fingerprint density at radius 3 is 2.40 bits per heavy atom. The van der Waals surface area contributed by atoms with Crippen LogP contribution in [0.5, 0.6) is 0 Å². The van der Waals surface area contributed by atoms with Crippen molar-refractivity contribution in [3.8, 4) is 0 Å². The third kappa shape index (κ3) is 4.29. The van der Waals surface area contributed by atoms with E-state index in [9.17, 15) is 0 Å². The van der Waals surface area contributed by atoms with E-state index in [4.69, 9.17) is 16.3 Å². The normalized spacial score (nSPS) is 24.0. The van der Waals surface area contributed by atoms with Gasteiger partial charge in [-0.05, 0) is 52.1 Å². The fourth-order valence-electron chi connectivity index (χ4n) is 2.29. The molecular formula is C12H24ClNO. The Morgan fingerprint density at radius 1 is 1.33 bits per heavy atom. The zero-order valence-electron chi connectivity index (χ0n) is 10.2. The molecule has 0 amide bonds. The average Bonchev–Trinajstić information content (AvgIpc) is 2.26. The van der Waals surface area contributed by atoms with Gasteiger partial charge in [-0.15, -0.1) is 11.6 Å². The van der Waals surface area contributed by atoms with Gasteiger partial charge in [-0.25, -0.2) is 0 Å². The van der Waals surface area contributed by atoms with Gasteiger partial charge in [-0.3, -0.25) is 0 Å². The number of methoxy groups -OCH3 is 1.